The van der Waals surface area contributed by atoms with Crippen LogP contribution in [0.1, 0.15) is 10.4 Å². The highest BCUT2D eigenvalue weighted by Gasteiger charge is 2.08. The molecule has 0 aliphatic rings. The van der Waals surface area contributed by atoms with E-state index in [9.17, 15) is 9.90 Å². The number of benzene rings is 2. The van der Waals surface area contributed by atoms with Crippen molar-refractivity contribution in [3.05, 3.63) is 59.1 Å². The molecule has 0 heterocycles. The van der Waals surface area contributed by atoms with Gasteiger partial charge in [-0.25, -0.2) is 4.79 Å². The maximum absolute atomic E-state index is 11.7. The van der Waals surface area contributed by atoms with Gasteiger partial charge in [0.15, 0.2) is 0 Å². The lowest BCUT2D eigenvalue weighted by Crippen LogP contribution is -2.07. The Morgan fingerprint density at radius 1 is 1.12 bits per heavy atom. The highest BCUT2D eigenvalue weighted by molar-refractivity contribution is 6.30. The van der Waals surface area contributed by atoms with E-state index in [1.807, 2.05) is 0 Å². The maximum atomic E-state index is 11.7. The summed E-state index contributed by atoms with van der Waals surface area (Å²) in [5.74, 6) is -0.149. The molecule has 0 spiro atoms. The van der Waals surface area contributed by atoms with Crippen LogP contribution in [0.15, 0.2) is 48.5 Å². The van der Waals surface area contributed by atoms with Gasteiger partial charge in [0.2, 0.25) is 0 Å². The van der Waals surface area contributed by atoms with Gasteiger partial charge < -0.3 is 9.84 Å². The van der Waals surface area contributed by atoms with E-state index in [0.717, 1.165) is 0 Å². The van der Waals surface area contributed by atoms with E-state index in [1.54, 1.807) is 36.4 Å². The molecule has 0 radical (unpaired) electrons. The third kappa shape index (κ3) is 2.98. The van der Waals surface area contributed by atoms with Gasteiger partial charge in [0.25, 0.3) is 0 Å². The third-order valence-electron chi connectivity index (χ3n) is 2.11. The molecule has 1 N–H and O–H groups in total. The van der Waals surface area contributed by atoms with Gasteiger partial charge in [-0.3, -0.25) is 0 Å². The number of carbonyl (C=O) groups is 1. The first-order chi connectivity index (χ1) is 8.15. The van der Waals surface area contributed by atoms with E-state index < -0.39 is 5.97 Å². The molecule has 2 aromatic rings. The molecule has 0 fully saturated rings. The molecular weight excluding hydrogens is 240 g/mol. The van der Waals surface area contributed by atoms with Crippen molar-refractivity contribution >= 4 is 17.6 Å². The fraction of sp³-hybridized carbons (Fsp3) is 0. The molecule has 3 nitrogen and oxygen atoms in total. The van der Waals surface area contributed by atoms with Crippen LogP contribution in [0.3, 0.4) is 0 Å². The van der Waals surface area contributed by atoms with E-state index in [2.05, 4.69) is 0 Å². The average molecular weight is 249 g/mol. The van der Waals surface area contributed by atoms with Gasteiger partial charge in [-0.15, -0.1) is 0 Å². The maximum Gasteiger partial charge on any atom is 0.343 e. The van der Waals surface area contributed by atoms with Crippen molar-refractivity contribution in [2.75, 3.05) is 0 Å². The predicted octanol–water partition coefficient (Wildman–Crippen LogP) is 3.26. The number of ether oxygens (including phenoxy) is 1. The second-order valence-electron chi connectivity index (χ2n) is 3.39. The smallest absolute Gasteiger partial charge is 0.343 e. The number of carbonyl (C=O) groups excluding carboxylic acids is 1. The molecule has 86 valence electrons. The van der Waals surface area contributed by atoms with Crippen molar-refractivity contribution in [1.29, 1.82) is 0 Å². The molecule has 0 saturated heterocycles. The molecule has 0 unspecified atom stereocenters. The number of hydrogen-bond acceptors (Lipinski definition) is 3. The molecule has 0 amide bonds. The van der Waals surface area contributed by atoms with Crippen LogP contribution in [0, 0.1) is 0 Å². The highest BCUT2D eigenvalue weighted by atomic mass is 35.5. The fourth-order valence-electron chi connectivity index (χ4n) is 1.30. The predicted molar refractivity (Wildman–Crippen MR) is 64.5 cm³/mol. The normalized spacial score (nSPS) is 9.94. The Morgan fingerprint density at radius 3 is 2.47 bits per heavy atom. The number of halogens is 1. The van der Waals surface area contributed by atoms with Crippen molar-refractivity contribution in [2.24, 2.45) is 0 Å². The zero-order valence-corrected chi connectivity index (χ0v) is 9.52. The summed E-state index contributed by atoms with van der Waals surface area (Å²) in [4.78, 5) is 11.7. The Morgan fingerprint density at radius 2 is 1.82 bits per heavy atom. The monoisotopic (exact) mass is 248 g/mol. The lowest BCUT2D eigenvalue weighted by molar-refractivity contribution is 0.0734. The van der Waals surface area contributed by atoms with E-state index in [1.165, 1.54) is 12.1 Å². The van der Waals surface area contributed by atoms with Crippen LogP contribution < -0.4 is 4.74 Å². The minimum Gasteiger partial charge on any atom is -0.508 e. The van der Waals surface area contributed by atoms with Gasteiger partial charge in [-0.05, 0) is 36.4 Å². The van der Waals surface area contributed by atoms with Crippen LogP contribution in [0.2, 0.25) is 5.02 Å². The molecule has 0 saturated carbocycles. The van der Waals surface area contributed by atoms with Crippen molar-refractivity contribution in [3.8, 4) is 11.5 Å². The Hall–Kier alpha value is -2.00. The summed E-state index contributed by atoms with van der Waals surface area (Å²) in [6.07, 6.45) is 0. The molecule has 0 atom stereocenters. The molecule has 4 heteroatoms. The largest absolute Gasteiger partial charge is 0.508 e. The summed E-state index contributed by atoms with van der Waals surface area (Å²) in [6.45, 7) is 0. The summed E-state index contributed by atoms with van der Waals surface area (Å²) < 4.78 is 5.08. The van der Waals surface area contributed by atoms with E-state index >= 15 is 0 Å². The summed E-state index contributed by atoms with van der Waals surface area (Å²) in [5, 5.41) is 9.78. The second-order valence-corrected chi connectivity index (χ2v) is 3.83. The zero-order valence-electron chi connectivity index (χ0n) is 8.76. The Bertz CT molecular complexity index is 535. The van der Waals surface area contributed by atoms with Crippen LogP contribution in [0.5, 0.6) is 11.5 Å². The first-order valence-electron chi connectivity index (χ1n) is 4.92. The van der Waals surface area contributed by atoms with Crippen LogP contribution in [-0.2, 0) is 0 Å². The number of aromatic hydroxyl groups is 1. The van der Waals surface area contributed by atoms with Crippen LogP contribution >= 0.6 is 11.6 Å². The lowest BCUT2D eigenvalue weighted by Gasteiger charge is -2.04. The Kier molecular flexibility index (Phi) is 3.30. The summed E-state index contributed by atoms with van der Waals surface area (Å²) in [5.41, 5.74) is 0.401. The van der Waals surface area contributed by atoms with Gasteiger partial charge in [0.05, 0.1) is 5.56 Å². The van der Waals surface area contributed by atoms with Crippen LogP contribution in [0.25, 0.3) is 0 Å². The van der Waals surface area contributed by atoms with Gasteiger partial charge in [-0.1, -0.05) is 17.7 Å². The Labute approximate surface area is 103 Å². The SMILES string of the molecule is O=C(Oc1cccc(O)c1)c1ccc(Cl)cc1. The average Bonchev–Trinajstić information content (AvgIpc) is 2.29. The summed E-state index contributed by atoms with van der Waals surface area (Å²) in [7, 11) is 0. The Balaban J connectivity index is 2.14. The summed E-state index contributed by atoms with van der Waals surface area (Å²) in [6, 6.07) is 12.4. The van der Waals surface area contributed by atoms with Crippen molar-refractivity contribution in [3.63, 3.8) is 0 Å². The number of rotatable bonds is 2. The number of phenolic OH excluding ortho intramolecular Hbond substituents is 1. The van der Waals surface area contributed by atoms with Crippen molar-refractivity contribution in [2.45, 2.75) is 0 Å². The molecule has 0 bridgehead atoms. The van der Waals surface area contributed by atoms with Gasteiger partial charge in [-0.2, -0.15) is 0 Å². The number of hydrogen-bond donors (Lipinski definition) is 1. The first kappa shape index (κ1) is 11.5. The molecular formula is C13H9ClO3. The molecule has 2 aromatic carbocycles. The van der Waals surface area contributed by atoms with Crippen LogP contribution in [-0.4, -0.2) is 11.1 Å². The summed E-state index contributed by atoms with van der Waals surface area (Å²) >= 11 is 5.71. The van der Waals surface area contributed by atoms with E-state index in [0.29, 0.717) is 16.3 Å². The van der Waals surface area contributed by atoms with Gasteiger partial charge >= 0.3 is 5.97 Å². The minimum absolute atomic E-state index is 0.0476. The molecule has 17 heavy (non-hydrogen) atoms. The second kappa shape index (κ2) is 4.89. The standard InChI is InChI=1S/C13H9ClO3/c14-10-6-4-9(5-7-10)13(16)17-12-3-1-2-11(15)8-12/h1-8,15H. The quantitative estimate of drug-likeness (QED) is 0.655. The molecule has 2 rings (SSSR count). The molecule has 0 aliphatic carbocycles. The van der Waals surface area contributed by atoms with E-state index in [4.69, 9.17) is 16.3 Å². The third-order valence-corrected chi connectivity index (χ3v) is 2.36. The lowest BCUT2D eigenvalue weighted by atomic mass is 10.2. The zero-order chi connectivity index (χ0) is 12.3. The highest BCUT2D eigenvalue weighted by Crippen LogP contribution is 2.19. The molecule has 0 aliphatic heterocycles. The first-order valence-corrected chi connectivity index (χ1v) is 5.30. The topological polar surface area (TPSA) is 46.5 Å². The number of phenols is 1. The minimum atomic E-state index is -0.493. The van der Waals surface area contributed by atoms with Crippen molar-refractivity contribution in [1.82, 2.24) is 0 Å². The molecule has 0 aromatic heterocycles. The fourth-order valence-corrected chi connectivity index (χ4v) is 1.42. The van der Waals surface area contributed by atoms with Gasteiger partial charge in [0.1, 0.15) is 11.5 Å². The van der Waals surface area contributed by atoms with Crippen molar-refractivity contribution < 1.29 is 14.6 Å². The number of esters is 1. The van der Waals surface area contributed by atoms with Crippen LogP contribution in [0.4, 0.5) is 0 Å². The van der Waals surface area contributed by atoms with Gasteiger partial charge in [0, 0.05) is 11.1 Å². The van der Waals surface area contributed by atoms with E-state index in [-0.39, 0.29) is 5.75 Å².